The number of nitrogens with zero attached hydrogens (tertiary/aromatic N) is 6. The molecule has 0 aliphatic carbocycles. The van der Waals surface area contributed by atoms with Crippen LogP contribution in [0.1, 0.15) is 10.4 Å². The maximum absolute atomic E-state index is 13.3. The van der Waals surface area contributed by atoms with Crippen LogP contribution in [0.3, 0.4) is 0 Å². The molecule has 43 heavy (non-hydrogen) atoms. The molecule has 15 heteroatoms. The number of likely N-dealkylation sites (N-methyl/N-ethyl adjacent to an activating group) is 1. The molecule has 1 aromatic carbocycles. The van der Waals surface area contributed by atoms with Gasteiger partial charge in [-0.1, -0.05) is 23.2 Å². The Labute approximate surface area is 256 Å². The number of nitrogens with one attached hydrogen (secondary N) is 1. The number of rotatable bonds is 8. The first-order chi connectivity index (χ1) is 20.4. The van der Waals surface area contributed by atoms with E-state index in [2.05, 4.69) is 25.1 Å². The van der Waals surface area contributed by atoms with Crippen molar-refractivity contribution in [3.8, 4) is 16.9 Å². The van der Waals surface area contributed by atoms with Crippen molar-refractivity contribution in [1.29, 1.82) is 0 Å². The topological polar surface area (TPSA) is 161 Å². The molecular weight excluding hydrogens is 599 g/mol. The number of hydrogen-bond donors (Lipinski definition) is 3. The Bertz CT molecular complexity index is 1790. The number of aromatic hydroxyl groups is 1. The van der Waals surface area contributed by atoms with E-state index in [1.54, 1.807) is 19.3 Å². The van der Waals surface area contributed by atoms with Crippen LogP contribution in [-0.4, -0.2) is 87.4 Å². The van der Waals surface area contributed by atoms with Gasteiger partial charge in [-0.15, -0.1) is 0 Å². The quantitative estimate of drug-likeness (QED) is 0.266. The van der Waals surface area contributed by atoms with Crippen LogP contribution in [-0.2, 0) is 23.1 Å². The van der Waals surface area contributed by atoms with E-state index in [4.69, 9.17) is 33.7 Å². The largest absolute Gasteiger partial charge is 0.506 e. The Morgan fingerprint density at radius 2 is 1.98 bits per heavy atom. The smallest absolute Gasteiger partial charge is 0.263 e. The van der Waals surface area contributed by atoms with E-state index in [0.717, 1.165) is 6.54 Å². The van der Waals surface area contributed by atoms with Crippen molar-refractivity contribution in [1.82, 2.24) is 24.0 Å². The van der Waals surface area contributed by atoms with Crippen molar-refractivity contribution in [3.05, 3.63) is 62.9 Å². The molecule has 0 saturated carbocycles. The molecule has 226 valence electrons. The van der Waals surface area contributed by atoms with E-state index in [1.165, 1.54) is 33.8 Å². The van der Waals surface area contributed by atoms with Gasteiger partial charge in [0.15, 0.2) is 0 Å². The number of primary amides is 1. The van der Waals surface area contributed by atoms with Crippen LogP contribution in [0.25, 0.3) is 22.2 Å². The van der Waals surface area contributed by atoms with Gasteiger partial charge in [-0.3, -0.25) is 14.4 Å². The van der Waals surface area contributed by atoms with Crippen LogP contribution < -0.4 is 21.5 Å². The number of fused-ring (bicyclic) bond motifs is 1. The van der Waals surface area contributed by atoms with Crippen LogP contribution in [0, 0.1) is 0 Å². The van der Waals surface area contributed by atoms with Gasteiger partial charge in [-0.2, -0.15) is 0 Å². The molecule has 3 aromatic heterocycles. The number of carbonyl (C=O) groups is 2. The average Bonchev–Trinajstić information content (AvgIpc) is 3.31. The van der Waals surface area contributed by atoms with E-state index in [1.807, 2.05) is 14.1 Å². The number of aromatic nitrogens is 4. The molecule has 1 aliphatic heterocycles. The predicted octanol–water partition coefficient (Wildman–Crippen LogP) is 2.31. The minimum absolute atomic E-state index is 0.0122. The molecule has 1 unspecified atom stereocenters. The summed E-state index contributed by atoms with van der Waals surface area (Å²) < 4.78 is 8.66. The fraction of sp³-hybridized carbons (Fsp3) is 0.321. The third-order valence-corrected chi connectivity index (χ3v) is 7.63. The van der Waals surface area contributed by atoms with Gasteiger partial charge < -0.3 is 39.8 Å². The zero-order chi connectivity index (χ0) is 31.0. The molecule has 0 bridgehead atoms. The van der Waals surface area contributed by atoms with E-state index in [-0.39, 0.29) is 44.9 Å². The van der Waals surface area contributed by atoms with Crippen molar-refractivity contribution in [2.24, 2.45) is 12.8 Å². The molecule has 0 spiro atoms. The molecule has 1 atom stereocenters. The summed E-state index contributed by atoms with van der Waals surface area (Å²) in [6, 6.07) is 4.46. The van der Waals surface area contributed by atoms with Gasteiger partial charge in [0.25, 0.3) is 11.5 Å². The first-order valence-electron chi connectivity index (χ1n) is 13.3. The van der Waals surface area contributed by atoms with E-state index < -0.39 is 17.6 Å². The number of nitrogens with two attached hydrogens (primary N) is 1. The molecule has 2 amide bonds. The highest BCUT2D eigenvalue weighted by Gasteiger charge is 2.24. The minimum Gasteiger partial charge on any atom is -0.506 e. The highest BCUT2D eigenvalue weighted by molar-refractivity contribution is 6.34. The normalized spacial score (nSPS) is 15.3. The first-order valence-corrected chi connectivity index (χ1v) is 14.0. The number of benzene rings is 1. The predicted molar refractivity (Wildman–Crippen MR) is 164 cm³/mol. The number of anilines is 2. The van der Waals surface area contributed by atoms with Crippen LogP contribution >= 0.6 is 23.2 Å². The van der Waals surface area contributed by atoms with Crippen LogP contribution in [0.15, 0.2) is 41.7 Å². The summed E-state index contributed by atoms with van der Waals surface area (Å²) in [6.45, 7) is 2.37. The van der Waals surface area contributed by atoms with Crippen molar-refractivity contribution >= 4 is 57.6 Å². The summed E-state index contributed by atoms with van der Waals surface area (Å²) in [7, 11) is 5.51. The first kappa shape index (κ1) is 30.3. The second kappa shape index (κ2) is 12.2. The summed E-state index contributed by atoms with van der Waals surface area (Å²) >= 11 is 12.6. The van der Waals surface area contributed by atoms with Crippen LogP contribution in [0.4, 0.5) is 11.5 Å². The maximum atomic E-state index is 13.3. The number of phenols is 1. The molecular formula is C28H30Cl2N8O5. The van der Waals surface area contributed by atoms with Crippen molar-refractivity contribution in [2.75, 3.05) is 50.6 Å². The molecule has 13 nitrogen and oxygen atoms in total. The minimum atomic E-state index is -0.894. The number of halogens is 2. The Balaban J connectivity index is 1.45. The van der Waals surface area contributed by atoms with Gasteiger partial charge in [-0.25, -0.2) is 9.97 Å². The van der Waals surface area contributed by atoms with Crippen molar-refractivity contribution in [2.45, 2.75) is 12.6 Å². The molecule has 4 aromatic rings. The van der Waals surface area contributed by atoms with Gasteiger partial charge in [-0.05, 0) is 31.8 Å². The van der Waals surface area contributed by atoms with Gasteiger partial charge in [0, 0.05) is 44.5 Å². The number of pyridine rings is 1. The Kier molecular flexibility index (Phi) is 8.60. The number of morpholine rings is 1. The van der Waals surface area contributed by atoms with E-state index >= 15 is 0 Å². The van der Waals surface area contributed by atoms with E-state index in [9.17, 15) is 19.5 Å². The fourth-order valence-electron chi connectivity index (χ4n) is 5.03. The number of carbonyl (C=O) groups excluding carboxylic acids is 2. The van der Waals surface area contributed by atoms with Gasteiger partial charge in [0.1, 0.15) is 23.8 Å². The van der Waals surface area contributed by atoms with Crippen molar-refractivity contribution in [3.63, 3.8) is 0 Å². The lowest BCUT2D eigenvalue weighted by atomic mass is 10.0. The molecule has 1 aliphatic rings. The van der Waals surface area contributed by atoms with Gasteiger partial charge in [0.05, 0.1) is 51.9 Å². The van der Waals surface area contributed by atoms with Crippen molar-refractivity contribution < 1.29 is 19.4 Å². The van der Waals surface area contributed by atoms with Gasteiger partial charge in [0.2, 0.25) is 5.91 Å². The zero-order valence-corrected chi connectivity index (χ0v) is 25.2. The molecule has 4 heterocycles. The summed E-state index contributed by atoms with van der Waals surface area (Å²) in [4.78, 5) is 51.4. The van der Waals surface area contributed by atoms with Gasteiger partial charge >= 0.3 is 0 Å². The standard InChI is InChI=1S/C28H30Cl2N8O5/c1-35(2)10-16-11-37(4-5-43-16)22-8-21(20(30)9-32-22)34-23(39)13-38-12-18(24-27(38)33-14-36(3)28(24)42)15-6-17(26(31)41)25(40)19(29)7-15/h6-9,12,14,16,40H,4-5,10-11,13H2,1-3H3,(H2,31,41)(H,32,34,39). The Morgan fingerprint density at radius 3 is 2.70 bits per heavy atom. The molecule has 0 radical (unpaired) electrons. The monoisotopic (exact) mass is 628 g/mol. The van der Waals surface area contributed by atoms with Crippen LogP contribution in [0.2, 0.25) is 10.0 Å². The number of ether oxygens (including phenoxy) is 1. The second-order valence-electron chi connectivity index (χ2n) is 10.5. The van der Waals surface area contributed by atoms with Crippen LogP contribution in [0.5, 0.6) is 5.75 Å². The summed E-state index contributed by atoms with van der Waals surface area (Å²) in [5.74, 6) is -1.14. The lowest BCUT2D eigenvalue weighted by molar-refractivity contribution is -0.116. The summed E-state index contributed by atoms with van der Waals surface area (Å²) in [5, 5.41) is 13.4. The number of aryl methyl sites for hydroxylation is 1. The molecule has 5 rings (SSSR count). The highest BCUT2D eigenvalue weighted by atomic mass is 35.5. The summed E-state index contributed by atoms with van der Waals surface area (Å²) in [5.41, 5.74) is 6.13. The molecule has 4 N–H and O–H groups in total. The number of amides is 2. The zero-order valence-electron chi connectivity index (χ0n) is 23.7. The summed E-state index contributed by atoms with van der Waals surface area (Å²) in [6.07, 6.45) is 4.41. The SMILES string of the molecule is CN(C)CC1CN(c2cc(NC(=O)Cn3cc(-c4cc(Cl)c(O)c(C(N)=O)c4)c4c(=O)n(C)cnc43)c(Cl)cn2)CCO1. The average molecular weight is 630 g/mol. The maximum Gasteiger partial charge on any atom is 0.263 e. The second-order valence-corrected chi connectivity index (χ2v) is 11.3. The molecule has 1 fully saturated rings. The lowest BCUT2D eigenvalue weighted by Crippen LogP contribution is -2.46. The Morgan fingerprint density at radius 1 is 1.21 bits per heavy atom. The highest BCUT2D eigenvalue weighted by Crippen LogP contribution is 2.36. The Hall–Kier alpha value is -4.17. The van der Waals surface area contributed by atoms with E-state index in [0.29, 0.717) is 42.3 Å². The fourth-order valence-corrected chi connectivity index (χ4v) is 5.40. The molecule has 1 saturated heterocycles. The third kappa shape index (κ3) is 6.30. The third-order valence-electron chi connectivity index (χ3n) is 7.04. The number of hydrogen-bond acceptors (Lipinski definition) is 9. The lowest BCUT2D eigenvalue weighted by Gasteiger charge is -2.35.